The van der Waals surface area contributed by atoms with Crippen LogP contribution in [0.2, 0.25) is 0 Å². The van der Waals surface area contributed by atoms with Gasteiger partial charge in [-0.15, -0.1) is 0 Å². The predicted octanol–water partition coefficient (Wildman–Crippen LogP) is 2.36. The molecule has 0 aliphatic heterocycles. The van der Waals surface area contributed by atoms with E-state index in [2.05, 4.69) is 0 Å². The second-order valence-electron chi connectivity index (χ2n) is 4.53. The Balaban J connectivity index is 2.14. The van der Waals surface area contributed by atoms with Crippen LogP contribution in [0.5, 0.6) is 11.8 Å². The fourth-order valence-electron chi connectivity index (χ4n) is 2.42. The predicted molar refractivity (Wildman–Crippen MR) is 71.0 cm³/mol. The van der Waals surface area contributed by atoms with Gasteiger partial charge in [0.25, 0.3) is 0 Å². The summed E-state index contributed by atoms with van der Waals surface area (Å²) in [7, 11) is 0. The molecular weight excluding hydrogens is 242 g/mol. The van der Waals surface area contributed by atoms with Crippen molar-refractivity contribution in [3.05, 3.63) is 53.1 Å². The largest absolute Gasteiger partial charge is 0.494 e. The van der Waals surface area contributed by atoms with Gasteiger partial charge in [-0.25, -0.2) is 0 Å². The lowest BCUT2D eigenvalue weighted by Crippen LogP contribution is -1.93. The quantitative estimate of drug-likeness (QED) is 0.639. The lowest BCUT2D eigenvalue weighted by molar-refractivity contribution is 0.112. The van der Waals surface area contributed by atoms with Crippen molar-refractivity contribution in [3.8, 4) is 17.4 Å². The van der Waals surface area contributed by atoms with Crippen LogP contribution in [0.3, 0.4) is 0 Å². The number of hydrogen-bond acceptors (Lipinski definition) is 3. The van der Waals surface area contributed by atoms with Gasteiger partial charge in [0.2, 0.25) is 11.8 Å². The van der Waals surface area contributed by atoms with Crippen LogP contribution in [0.15, 0.2) is 36.4 Å². The van der Waals surface area contributed by atoms with Crippen LogP contribution in [-0.4, -0.2) is 21.1 Å². The summed E-state index contributed by atoms with van der Waals surface area (Å²) >= 11 is 0. The van der Waals surface area contributed by atoms with E-state index < -0.39 is 0 Å². The Labute approximate surface area is 110 Å². The average Bonchev–Trinajstić information content (AvgIpc) is 2.72. The van der Waals surface area contributed by atoms with E-state index in [1.807, 2.05) is 12.2 Å². The Kier molecular flexibility index (Phi) is 2.63. The number of carbonyl (C=O) groups excluding carboxylic acids is 1. The van der Waals surface area contributed by atoms with Gasteiger partial charge in [-0.1, -0.05) is 12.2 Å². The van der Waals surface area contributed by atoms with Gasteiger partial charge in [0, 0.05) is 16.7 Å². The molecule has 0 amide bonds. The third kappa shape index (κ3) is 1.73. The maximum Gasteiger partial charge on any atom is 0.202 e. The van der Waals surface area contributed by atoms with Crippen LogP contribution in [0.1, 0.15) is 21.5 Å². The molecule has 2 aromatic rings. The van der Waals surface area contributed by atoms with E-state index >= 15 is 0 Å². The summed E-state index contributed by atoms with van der Waals surface area (Å²) in [5.41, 5.74) is 2.72. The minimum absolute atomic E-state index is 0.0655. The van der Waals surface area contributed by atoms with Gasteiger partial charge >= 0.3 is 0 Å². The molecular formula is C15H13NO3. The van der Waals surface area contributed by atoms with Gasteiger partial charge in [-0.3, -0.25) is 9.36 Å². The van der Waals surface area contributed by atoms with Crippen molar-refractivity contribution in [2.24, 2.45) is 0 Å². The molecule has 1 aliphatic carbocycles. The summed E-state index contributed by atoms with van der Waals surface area (Å²) in [4.78, 5) is 10.6. The summed E-state index contributed by atoms with van der Waals surface area (Å²) in [5.74, 6) is 0.131. The fourth-order valence-corrected chi connectivity index (χ4v) is 2.42. The van der Waals surface area contributed by atoms with Crippen molar-refractivity contribution in [1.29, 1.82) is 0 Å². The van der Waals surface area contributed by atoms with Crippen LogP contribution in [-0.2, 0) is 12.8 Å². The summed E-state index contributed by atoms with van der Waals surface area (Å²) in [6.07, 6.45) is 5.94. The zero-order valence-corrected chi connectivity index (χ0v) is 10.2. The van der Waals surface area contributed by atoms with Gasteiger partial charge in [0.15, 0.2) is 0 Å². The first-order valence-electron chi connectivity index (χ1n) is 6.07. The number of hydrogen-bond donors (Lipinski definition) is 2. The molecule has 0 spiro atoms. The molecule has 0 saturated carbocycles. The highest BCUT2D eigenvalue weighted by atomic mass is 16.3. The van der Waals surface area contributed by atoms with Crippen LogP contribution in [0.4, 0.5) is 0 Å². The van der Waals surface area contributed by atoms with Gasteiger partial charge in [0.1, 0.15) is 6.29 Å². The van der Waals surface area contributed by atoms with Crippen molar-refractivity contribution in [1.82, 2.24) is 4.57 Å². The molecule has 3 rings (SSSR count). The maximum atomic E-state index is 10.6. The lowest BCUT2D eigenvalue weighted by Gasteiger charge is -2.07. The molecule has 1 aromatic heterocycles. The number of fused-ring (bicyclic) bond motifs is 1. The zero-order valence-electron chi connectivity index (χ0n) is 10.2. The van der Waals surface area contributed by atoms with Crippen molar-refractivity contribution in [3.63, 3.8) is 0 Å². The first-order valence-corrected chi connectivity index (χ1v) is 6.07. The summed E-state index contributed by atoms with van der Waals surface area (Å²) in [6.45, 7) is 0. The van der Waals surface area contributed by atoms with Crippen molar-refractivity contribution in [2.75, 3.05) is 0 Å². The topological polar surface area (TPSA) is 62.5 Å². The molecule has 96 valence electrons. The highest BCUT2D eigenvalue weighted by Gasteiger charge is 2.23. The third-order valence-corrected chi connectivity index (χ3v) is 3.43. The molecule has 0 fully saturated rings. The molecule has 0 saturated heterocycles. The van der Waals surface area contributed by atoms with E-state index in [9.17, 15) is 15.0 Å². The Morgan fingerprint density at radius 2 is 1.47 bits per heavy atom. The Morgan fingerprint density at radius 3 is 1.95 bits per heavy atom. The highest BCUT2D eigenvalue weighted by Crippen LogP contribution is 2.39. The molecule has 0 radical (unpaired) electrons. The van der Waals surface area contributed by atoms with E-state index in [4.69, 9.17) is 0 Å². The number of aldehydes is 1. The first-order chi connectivity index (χ1) is 9.22. The number of benzene rings is 1. The molecule has 1 aromatic carbocycles. The van der Waals surface area contributed by atoms with Gasteiger partial charge in [-0.05, 0) is 37.1 Å². The van der Waals surface area contributed by atoms with Crippen molar-refractivity contribution in [2.45, 2.75) is 12.8 Å². The smallest absolute Gasteiger partial charge is 0.202 e. The van der Waals surface area contributed by atoms with Gasteiger partial charge in [-0.2, -0.15) is 0 Å². The second-order valence-corrected chi connectivity index (χ2v) is 4.53. The molecule has 0 bridgehead atoms. The molecule has 19 heavy (non-hydrogen) atoms. The van der Waals surface area contributed by atoms with Gasteiger partial charge < -0.3 is 10.2 Å². The van der Waals surface area contributed by atoms with Crippen LogP contribution in [0, 0.1) is 0 Å². The minimum atomic E-state index is 0.0655. The number of aromatic nitrogens is 1. The lowest BCUT2D eigenvalue weighted by atomic mass is 10.0. The average molecular weight is 255 g/mol. The van der Waals surface area contributed by atoms with E-state index in [-0.39, 0.29) is 11.8 Å². The van der Waals surface area contributed by atoms with E-state index in [1.165, 1.54) is 4.57 Å². The van der Waals surface area contributed by atoms with E-state index in [0.717, 1.165) is 17.4 Å². The fraction of sp³-hybridized carbons (Fsp3) is 0.133. The number of aromatic hydroxyl groups is 2. The molecule has 2 N–H and O–H groups in total. The number of rotatable bonds is 2. The Hall–Kier alpha value is -2.49. The number of allylic oxidation sites excluding steroid dienone is 2. The molecule has 1 heterocycles. The summed E-state index contributed by atoms with van der Waals surface area (Å²) < 4.78 is 1.41. The monoisotopic (exact) mass is 255 g/mol. The van der Waals surface area contributed by atoms with Crippen molar-refractivity contribution < 1.29 is 15.0 Å². The van der Waals surface area contributed by atoms with Crippen LogP contribution >= 0.6 is 0 Å². The molecule has 4 nitrogen and oxygen atoms in total. The van der Waals surface area contributed by atoms with Crippen LogP contribution in [0.25, 0.3) is 5.69 Å². The molecule has 0 atom stereocenters. The minimum Gasteiger partial charge on any atom is -0.494 e. The third-order valence-electron chi connectivity index (χ3n) is 3.43. The Morgan fingerprint density at radius 1 is 0.947 bits per heavy atom. The molecule has 0 unspecified atom stereocenters. The van der Waals surface area contributed by atoms with E-state index in [1.54, 1.807) is 24.3 Å². The van der Waals surface area contributed by atoms with Crippen LogP contribution < -0.4 is 0 Å². The number of carbonyl (C=O) groups is 1. The first kappa shape index (κ1) is 11.6. The Bertz CT molecular complexity index is 634. The summed E-state index contributed by atoms with van der Waals surface area (Å²) in [5, 5.41) is 20.5. The van der Waals surface area contributed by atoms with Crippen molar-refractivity contribution >= 4 is 6.29 Å². The number of nitrogens with zero attached hydrogens (tertiary/aromatic N) is 1. The normalized spacial score (nSPS) is 13.3. The zero-order chi connectivity index (χ0) is 13.4. The van der Waals surface area contributed by atoms with Gasteiger partial charge in [0.05, 0.1) is 5.69 Å². The second kappa shape index (κ2) is 4.31. The molecule has 4 heteroatoms. The van der Waals surface area contributed by atoms with E-state index in [0.29, 0.717) is 24.1 Å². The standard InChI is InChI=1S/C15H13NO3/c17-9-10-5-7-11(8-6-10)16-14(18)12-3-1-2-4-13(12)15(16)19/h1-2,5-9,18-19H,3-4H2. The SMILES string of the molecule is O=Cc1ccc(-n2c(O)c3c(c2O)CC=CC3)cc1. The summed E-state index contributed by atoms with van der Waals surface area (Å²) in [6, 6.07) is 6.70. The molecule has 1 aliphatic rings. The highest BCUT2D eigenvalue weighted by molar-refractivity contribution is 5.75. The maximum absolute atomic E-state index is 10.6.